The monoisotopic (exact) mass is 403 g/mol. The number of anilines is 1. The van der Waals surface area contributed by atoms with Crippen LogP contribution in [0.15, 0.2) is 53.7 Å². The maximum absolute atomic E-state index is 13.3. The fourth-order valence-electron chi connectivity index (χ4n) is 2.86. The first-order valence-corrected chi connectivity index (χ1v) is 9.44. The van der Waals surface area contributed by atoms with E-state index in [0.29, 0.717) is 21.7 Å². The number of fused-ring (bicyclic) bond motifs is 1. The molecule has 9 heteroatoms. The third-order valence-corrected chi connectivity index (χ3v) is 5.63. The molecular weight excluding hydrogens is 389 g/mol. The van der Waals surface area contributed by atoms with E-state index in [1.54, 1.807) is 41.1 Å². The molecule has 0 unspecified atom stereocenters. The predicted octanol–water partition coefficient (Wildman–Crippen LogP) is 3.78. The second-order valence-electron chi connectivity index (χ2n) is 6.06. The molecule has 2 heterocycles. The average Bonchev–Trinajstić information content (AvgIpc) is 3.02. The van der Waals surface area contributed by atoms with Crippen molar-refractivity contribution in [3.8, 4) is 0 Å². The van der Waals surface area contributed by atoms with Crippen molar-refractivity contribution in [2.75, 3.05) is 10.7 Å². The third kappa shape index (κ3) is 3.63. The van der Waals surface area contributed by atoms with Crippen molar-refractivity contribution in [3.63, 3.8) is 0 Å². The summed E-state index contributed by atoms with van der Waals surface area (Å²) < 4.78 is 15.1. The Morgan fingerprint density at radius 3 is 2.78 bits per heavy atom. The zero-order valence-corrected chi connectivity index (χ0v) is 15.8. The maximum atomic E-state index is 13.3. The van der Waals surface area contributed by atoms with Crippen LogP contribution >= 0.6 is 23.4 Å². The Morgan fingerprint density at radius 2 is 2.04 bits per heavy atom. The number of carbonyl (C=O) groups excluding carboxylic acids is 1. The van der Waals surface area contributed by atoms with Crippen LogP contribution in [0.4, 0.5) is 10.1 Å². The summed E-state index contributed by atoms with van der Waals surface area (Å²) in [6.07, 6.45) is 0. The second-order valence-corrected chi connectivity index (χ2v) is 7.61. The number of aromatic nitrogens is 3. The molecular formula is C18H15ClFN5OS. The molecule has 27 heavy (non-hydrogen) atoms. The highest BCUT2D eigenvalue weighted by Crippen LogP contribution is 2.37. The molecule has 0 aliphatic carbocycles. The summed E-state index contributed by atoms with van der Waals surface area (Å²) in [7, 11) is 0. The summed E-state index contributed by atoms with van der Waals surface area (Å²) in [6, 6.07) is 12.6. The fourth-order valence-corrected chi connectivity index (χ4v) is 4.18. The Balaban J connectivity index is 1.66. The molecule has 1 aliphatic heterocycles. The van der Waals surface area contributed by atoms with Gasteiger partial charge in [0.1, 0.15) is 16.9 Å². The molecule has 2 N–H and O–H groups in total. The molecule has 0 bridgehead atoms. The fraction of sp³-hybridized carbons (Fsp3) is 0.167. The Labute approximate surface area is 164 Å². The lowest BCUT2D eigenvalue weighted by Gasteiger charge is -2.32. The van der Waals surface area contributed by atoms with Gasteiger partial charge < -0.3 is 10.7 Å². The van der Waals surface area contributed by atoms with E-state index < -0.39 is 11.3 Å². The highest BCUT2D eigenvalue weighted by Gasteiger charge is 2.37. The van der Waals surface area contributed by atoms with Crippen molar-refractivity contribution in [2.45, 2.75) is 23.4 Å². The molecule has 2 atom stereocenters. The van der Waals surface area contributed by atoms with Gasteiger partial charge in [0.05, 0.1) is 6.04 Å². The van der Waals surface area contributed by atoms with Crippen LogP contribution in [-0.2, 0) is 4.79 Å². The molecule has 0 radical (unpaired) electrons. The molecule has 1 amide bonds. The van der Waals surface area contributed by atoms with Gasteiger partial charge in [-0.05, 0) is 42.8 Å². The summed E-state index contributed by atoms with van der Waals surface area (Å²) in [5.74, 6) is 0.137. The third-order valence-electron chi connectivity index (χ3n) is 4.18. The van der Waals surface area contributed by atoms with E-state index >= 15 is 0 Å². The smallest absolute Gasteiger partial charge is 0.240 e. The number of benzene rings is 2. The van der Waals surface area contributed by atoms with E-state index in [1.165, 1.54) is 23.9 Å². The minimum atomic E-state index is -0.537. The predicted molar refractivity (Wildman–Crippen MR) is 103 cm³/mol. The first-order chi connectivity index (χ1) is 13.0. The molecule has 0 saturated carbocycles. The normalized spacial score (nSPS) is 18.5. The van der Waals surface area contributed by atoms with Gasteiger partial charge in [0.2, 0.25) is 11.1 Å². The molecule has 0 spiro atoms. The number of aryl methyl sites for hydroxylation is 1. The van der Waals surface area contributed by atoms with Gasteiger partial charge >= 0.3 is 0 Å². The van der Waals surface area contributed by atoms with Crippen LogP contribution in [0.1, 0.15) is 17.4 Å². The van der Waals surface area contributed by atoms with Crippen LogP contribution in [0.3, 0.4) is 0 Å². The number of rotatable bonds is 3. The number of hydrogen-bond donors (Lipinski definition) is 2. The van der Waals surface area contributed by atoms with Gasteiger partial charge in [-0.3, -0.25) is 4.79 Å². The highest BCUT2D eigenvalue weighted by molar-refractivity contribution is 8.00. The number of halogens is 2. The SMILES string of the molecule is Cc1nnc2n1N[C@H](c1ccc(F)cc1)[C@@H](C(=O)Nc1cccc(Cl)c1)S2. The topological polar surface area (TPSA) is 71.8 Å². The van der Waals surface area contributed by atoms with Crippen molar-refractivity contribution < 1.29 is 9.18 Å². The molecule has 0 saturated heterocycles. The summed E-state index contributed by atoms with van der Waals surface area (Å²) in [5.41, 5.74) is 4.66. The largest absolute Gasteiger partial charge is 0.325 e. The number of amides is 1. The lowest BCUT2D eigenvalue weighted by molar-refractivity contribution is -0.116. The van der Waals surface area contributed by atoms with Crippen molar-refractivity contribution in [3.05, 3.63) is 70.8 Å². The number of hydrogen-bond acceptors (Lipinski definition) is 5. The van der Waals surface area contributed by atoms with Crippen LogP contribution in [0, 0.1) is 12.7 Å². The molecule has 1 aliphatic rings. The summed E-state index contributed by atoms with van der Waals surface area (Å²) in [5, 5.41) is 11.6. The first kappa shape index (κ1) is 17.8. The van der Waals surface area contributed by atoms with Gasteiger partial charge in [-0.1, -0.05) is 41.6 Å². The Kier molecular flexibility index (Phi) is 4.75. The standard InChI is InChI=1S/C18H15ClFN5OS/c1-10-22-23-18-25(10)24-15(11-5-7-13(20)8-6-11)16(27-18)17(26)21-14-4-2-3-12(19)9-14/h2-9,15-16,24H,1H3,(H,21,26)/t15-,16+/m1/s1. The van der Waals surface area contributed by atoms with E-state index in [1.807, 2.05) is 6.92 Å². The van der Waals surface area contributed by atoms with Crippen LogP contribution < -0.4 is 10.7 Å². The Morgan fingerprint density at radius 1 is 1.26 bits per heavy atom. The van der Waals surface area contributed by atoms with Crippen LogP contribution in [0.5, 0.6) is 0 Å². The van der Waals surface area contributed by atoms with E-state index in [0.717, 1.165) is 5.56 Å². The van der Waals surface area contributed by atoms with E-state index in [4.69, 9.17) is 11.6 Å². The van der Waals surface area contributed by atoms with Gasteiger partial charge in [-0.15, -0.1) is 10.2 Å². The van der Waals surface area contributed by atoms with Crippen molar-refractivity contribution >= 4 is 35.0 Å². The quantitative estimate of drug-likeness (QED) is 0.696. The number of nitrogens with one attached hydrogen (secondary N) is 2. The lowest BCUT2D eigenvalue weighted by Crippen LogP contribution is -2.41. The van der Waals surface area contributed by atoms with Crippen LogP contribution in [0.25, 0.3) is 0 Å². The number of carbonyl (C=O) groups is 1. The molecule has 4 rings (SSSR count). The number of thioether (sulfide) groups is 1. The van der Waals surface area contributed by atoms with Gasteiger partial charge in [0.15, 0.2) is 0 Å². The van der Waals surface area contributed by atoms with Gasteiger partial charge in [0, 0.05) is 10.7 Å². The van der Waals surface area contributed by atoms with E-state index in [-0.39, 0.29) is 11.7 Å². The highest BCUT2D eigenvalue weighted by atomic mass is 35.5. The molecule has 0 fully saturated rings. The molecule has 1 aromatic heterocycles. The Bertz CT molecular complexity index is 994. The maximum Gasteiger partial charge on any atom is 0.240 e. The summed E-state index contributed by atoms with van der Waals surface area (Å²) in [6.45, 7) is 1.82. The Hall–Kier alpha value is -2.58. The average molecular weight is 404 g/mol. The minimum absolute atomic E-state index is 0.212. The minimum Gasteiger partial charge on any atom is -0.325 e. The summed E-state index contributed by atoms with van der Waals surface area (Å²) in [4.78, 5) is 13.0. The molecule has 2 aromatic carbocycles. The zero-order valence-electron chi connectivity index (χ0n) is 14.2. The first-order valence-electron chi connectivity index (χ1n) is 8.18. The second kappa shape index (κ2) is 7.21. The van der Waals surface area contributed by atoms with Crippen molar-refractivity contribution in [1.82, 2.24) is 14.9 Å². The van der Waals surface area contributed by atoms with Gasteiger partial charge in [0.25, 0.3) is 0 Å². The van der Waals surface area contributed by atoms with Crippen molar-refractivity contribution in [2.24, 2.45) is 0 Å². The van der Waals surface area contributed by atoms with Gasteiger partial charge in [-0.2, -0.15) is 0 Å². The lowest BCUT2D eigenvalue weighted by atomic mass is 10.0. The molecule has 138 valence electrons. The summed E-state index contributed by atoms with van der Waals surface area (Å²) >= 11 is 7.30. The van der Waals surface area contributed by atoms with E-state index in [2.05, 4.69) is 20.9 Å². The zero-order chi connectivity index (χ0) is 19.0. The van der Waals surface area contributed by atoms with Crippen molar-refractivity contribution in [1.29, 1.82) is 0 Å². The van der Waals surface area contributed by atoms with Crippen LogP contribution in [-0.4, -0.2) is 26.0 Å². The molecule has 3 aromatic rings. The molecule has 6 nitrogen and oxygen atoms in total. The van der Waals surface area contributed by atoms with E-state index in [9.17, 15) is 9.18 Å². The number of nitrogens with zero attached hydrogens (tertiary/aromatic N) is 3. The van der Waals surface area contributed by atoms with Gasteiger partial charge in [-0.25, -0.2) is 9.07 Å². The van der Waals surface area contributed by atoms with Crippen LogP contribution in [0.2, 0.25) is 5.02 Å².